The fourth-order valence-electron chi connectivity index (χ4n) is 2.81. The van der Waals surface area contributed by atoms with Crippen LogP contribution in [0.2, 0.25) is 0 Å². The monoisotopic (exact) mass is 344 g/mol. The number of fused-ring (bicyclic) bond motifs is 1. The van der Waals surface area contributed by atoms with Crippen LogP contribution in [0.25, 0.3) is 10.6 Å². The van der Waals surface area contributed by atoms with Crippen LogP contribution in [0.3, 0.4) is 0 Å². The van der Waals surface area contributed by atoms with Gasteiger partial charge in [0.05, 0.1) is 11.4 Å². The number of aryl methyl sites for hydroxylation is 1. The Hall–Kier alpha value is -1.83. The van der Waals surface area contributed by atoms with Crippen LogP contribution in [0.5, 0.6) is 0 Å². The molecule has 3 aromatic rings. The van der Waals surface area contributed by atoms with E-state index in [1.807, 2.05) is 0 Å². The molecule has 0 aromatic carbocycles. The summed E-state index contributed by atoms with van der Waals surface area (Å²) >= 11 is 3.38. The molecule has 118 valence electrons. The van der Waals surface area contributed by atoms with Gasteiger partial charge >= 0.3 is 0 Å². The molecule has 5 nitrogen and oxygen atoms in total. The number of hydrogen-bond donors (Lipinski definition) is 0. The standard InChI is InChI=1S/C16H16N4OS2/c1-19-15(21)6-12-7-20(4-2-14(12)18-19)8-13-10-23-16(17-13)11-3-5-22-9-11/h3,5-6,9-10H,2,4,7-8H2,1H3. The molecular weight excluding hydrogens is 328 g/mol. The lowest BCUT2D eigenvalue weighted by Gasteiger charge is -2.27. The van der Waals surface area contributed by atoms with Crippen LogP contribution in [0.1, 0.15) is 17.0 Å². The second kappa shape index (κ2) is 5.99. The zero-order valence-electron chi connectivity index (χ0n) is 12.7. The molecule has 0 bridgehead atoms. The van der Waals surface area contributed by atoms with Gasteiger partial charge in [0, 0.05) is 55.5 Å². The predicted octanol–water partition coefficient (Wildman–Crippen LogP) is 2.52. The molecule has 0 unspecified atom stereocenters. The van der Waals surface area contributed by atoms with E-state index in [0.717, 1.165) is 48.0 Å². The van der Waals surface area contributed by atoms with Crippen molar-refractivity contribution in [3.05, 3.63) is 55.6 Å². The summed E-state index contributed by atoms with van der Waals surface area (Å²) in [6.07, 6.45) is 0.880. The van der Waals surface area contributed by atoms with Gasteiger partial charge in [0.25, 0.3) is 5.56 Å². The topological polar surface area (TPSA) is 51.0 Å². The minimum Gasteiger partial charge on any atom is -0.293 e. The Bertz CT molecular complexity index is 882. The Morgan fingerprint density at radius 3 is 3.09 bits per heavy atom. The highest BCUT2D eigenvalue weighted by Gasteiger charge is 2.19. The molecule has 0 amide bonds. The maximum absolute atomic E-state index is 11.8. The molecular formula is C16H16N4OS2. The summed E-state index contributed by atoms with van der Waals surface area (Å²) in [6.45, 7) is 2.53. The number of nitrogens with zero attached hydrogens (tertiary/aromatic N) is 4. The Morgan fingerprint density at radius 2 is 2.26 bits per heavy atom. The minimum absolute atomic E-state index is 0.0426. The Morgan fingerprint density at radius 1 is 1.35 bits per heavy atom. The van der Waals surface area contributed by atoms with Gasteiger partial charge in [-0.05, 0) is 17.0 Å². The summed E-state index contributed by atoms with van der Waals surface area (Å²) in [7, 11) is 1.70. The van der Waals surface area contributed by atoms with Crippen LogP contribution in [-0.2, 0) is 26.6 Å². The van der Waals surface area contributed by atoms with Crippen LogP contribution in [0.4, 0.5) is 0 Å². The lowest BCUT2D eigenvalue weighted by molar-refractivity contribution is 0.239. The second-order valence-electron chi connectivity index (χ2n) is 5.69. The zero-order chi connectivity index (χ0) is 15.8. The number of thiazole rings is 1. The third-order valence-electron chi connectivity index (χ3n) is 4.02. The van der Waals surface area contributed by atoms with Crippen molar-refractivity contribution in [1.29, 1.82) is 0 Å². The molecule has 0 fully saturated rings. The molecule has 4 rings (SSSR count). The third kappa shape index (κ3) is 2.99. The predicted molar refractivity (Wildman–Crippen MR) is 92.7 cm³/mol. The first kappa shape index (κ1) is 14.7. The molecule has 0 aliphatic carbocycles. The van der Waals surface area contributed by atoms with Gasteiger partial charge in [0.2, 0.25) is 0 Å². The van der Waals surface area contributed by atoms with E-state index in [1.165, 1.54) is 10.2 Å². The van der Waals surface area contributed by atoms with Crippen LogP contribution in [0, 0.1) is 0 Å². The number of rotatable bonds is 3. The van der Waals surface area contributed by atoms with Crippen molar-refractivity contribution < 1.29 is 0 Å². The van der Waals surface area contributed by atoms with E-state index in [1.54, 1.807) is 35.8 Å². The van der Waals surface area contributed by atoms with Crippen LogP contribution < -0.4 is 5.56 Å². The fourth-order valence-corrected chi connectivity index (χ4v) is 4.34. The van der Waals surface area contributed by atoms with Crippen molar-refractivity contribution in [2.45, 2.75) is 19.5 Å². The van der Waals surface area contributed by atoms with Gasteiger partial charge in [-0.2, -0.15) is 16.4 Å². The van der Waals surface area contributed by atoms with Crippen LogP contribution >= 0.6 is 22.7 Å². The summed E-state index contributed by atoms with van der Waals surface area (Å²) in [4.78, 5) is 18.8. The molecule has 0 saturated heterocycles. The van der Waals surface area contributed by atoms with Gasteiger partial charge in [-0.15, -0.1) is 11.3 Å². The summed E-state index contributed by atoms with van der Waals surface area (Å²) in [6, 6.07) is 3.82. The molecule has 23 heavy (non-hydrogen) atoms. The van der Waals surface area contributed by atoms with E-state index in [9.17, 15) is 4.79 Å². The summed E-state index contributed by atoms with van der Waals surface area (Å²) in [5, 5.41) is 11.8. The Labute approximate surface area is 141 Å². The van der Waals surface area contributed by atoms with Crippen molar-refractivity contribution in [1.82, 2.24) is 19.7 Å². The largest absolute Gasteiger partial charge is 0.293 e. The minimum atomic E-state index is -0.0426. The quantitative estimate of drug-likeness (QED) is 0.733. The molecule has 0 N–H and O–H groups in total. The lowest BCUT2D eigenvalue weighted by Crippen LogP contribution is -2.34. The third-order valence-corrected chi connectivity index (χ3v) is 5.65. The molecule has 1 aliphatic heterocycles. The van der Waals surface area contributed by atoms with Crippen molar-refractivity contribution in [3.63, 3.8) is 0 Å². The SMILES string of the molecule is Cn1nc2c(cc1=O)CN(Cc1csc(-c3ccsc3)n1)CC2. The van der Waals surface area contributed by atoms with Crippen LogP contribution in [0.15, 0.2) is 33.1 Å². The molecule has 1 aliphatic rings. The zero-order valence-corrected chi connectivity index (χ0v) is 14.4. The van der Waals surface area contributed by atoms with Crippen molar-refractivity contribution in [2.24, 2.45) is 7.05 Å². The number of hydrogen-bond acceptors (Lipinski definition) is 6. The average Bonchev–Trinajstić information content (AvgIpc) is 3.20. The van der Waals surface area contributed by atoms with Gasteiger partial charge in [-0.3, -0.25) is 9.69 Å². The van der Waals surface area contributed by atoms with Gasteiger partial charge in [-0.1, -0.05) is 0 Å². The fraction of sp³-hybridized carbons (Fsp3) is 0.312. The van der Waals surface area contributed by atoms with Crippen molar-refractivity contribution in [2.75, 3.05) is 6.54 Å². The Kier molecular flexibility index (Phi) is 3.84. The second-order valence-corrected chi connectivity index (χ2v) is 7.33. The summed E-state index contributed by atoms with van der Waals surface area (Å²) in [5.41, 5.74) is 4.34. The van der Waals surface area contributed by atoms with Crippen molar-refractivity contribution in [3.8, 4) is 10.6 Å². The summed E-state index contributed by atoms with van der Waals surface area (Å²) in [5.74, 6) is 0. The first-order valence-electron chi connectivity index (χ1n) is 7.44. The Balaban J connectivity index is 1.50. The van der Waals surface area contributed by atoms with Gasteiger partial charge in [-0.25, -0.2) is 9.67 Å². The van der Waals surface area contributed by atoms with Crippen LogP contribution in [-0.4, -0.2) is 26.2 Å². The first-order chi connectivity index (χ1) is 11.2. The van der Waals surface area contributed by atoms with Gasteiger partial charge < -0.3 is 0 Å². The van der Waals surface area contributed by atoms with E-state index in [2.05, 4.69) is 32.2 Å². The average molecular weight is 344 g/mol. The number of aromatic nitrogens is 3. The maximum atomic E-state index is 11.8. The normalized spacial score (nSPS) is 14.8. The van der Waals surface area contributed by atoms with Gasteiger partial charge in [0.1, 0.15) is 5.01 Å². The molecule has 0 saturated carbocycles. The summed E-state index contributed by atoms with van der Waals surface area (Å²) < 4.78 is 1.42. The molecule has 0 atom stereocenters. The number of thiophene rings is 1. The maximum Gasteiger partial charge on any atom is 0.266 e. The highest BCUT2D eigenvalue weighted by Crippen LogP contribution is 2.26. The lowest BCUT2D eigenvalue weighted by atomic mass is 10.1. The molecule has 0 spiro atoms. The smallest absolute Gasteiger partial charge is 0.266 e. The van der Waals surface area contributed by atoms with E-state index >= 15 is 0 Å². The molecule has 3 aromatic heterocycles. The highest BCUT2D eigenvalue weighted by molar-refractivity contribution is 7.14. The molecule has 4 heterocycles. The molecule has 0 radical (unpaired) electrons. The van der Waals surface area contributed by atoms with Gasteiger partial charge in [0.15, 0.2) is 0 Å². The van der Waals surface area contributed by atoms with Crippen molar-refractivity contribution >= 4 is 22.7 Å². The van der Waals surface area contributed by atoms with E-state index in [0.29, 0.717) is 0 Å². The van der Waals surface area contributed by atoms with E-state index < -0.39 is 0 Å². The van der Waals surface area contributed by atoms with E-state index in [-0.39, 0.29) is 5.56 Å². The highest BCUT2D eigenvalue weighted by atomic mass is 32.1. The first-order valence-corrected chi connectivity index (χ1v) is 9.27. The van der Waals surface area contributed by atoms with E-state index in [4.69, 9.17) is 4.98 Å². The molecule has 7 heteroatoms.